The first kappa shape index (κ1) is 23.6. The van der Waals surface area contributed by atoms with Gasteiger partial charge in [0.25, 0.3) is 10.0 Å². The summed E-state index contributed by atoms with van der Waals surface area (Å²) in [7, 11) is -2.43. The lowest BCUT2D eigenvalue weighted by molar-refractivity contribution is -0.120. The Bertz CT molecular complexity index is 1180. The van der Waals surface area contributed by atoms with Crippen molar-refractivity contribution in [2.75, 3.05) is 18.0 Å². The molecule has 0 bridgehead atoms. The summed E-state index contributed by atoms with van der Waals surface area (Å²) in [6, 6.07) is 19.8. The summed E-state index contributed by atoms with van der Waals surface area (Å²) in [5, 5.41) is 3.33. The quantitative estimate of drug-likeness (QED) is 0.514. The van der Waals surface area contributed by atoms with Crippen molar-refractivity contribution in [2.45, 2.75) is 24.8 Å². The Morgan fingerprint density at radius 1 is 1.03 bits per heavy atom. The Morgan fingerprint density at radius 2 is 1.66 bits per heavy atom. The number of rotatable bonds is 8. The zero-order valence-electron chi connectivity index (χ0n) is 18.1. The second kappa shape index (κ2) is 10.1. The monoisotopic (exact) mass is 472 g/mol. The predicted molar refractivity (Wildman–Crippen MR) is 127 cm³/mol. The van der Waals surface area contributed by atoms with Gasteiger partial charge in [0.1, 0.15) is 12.3 Å². The fourth-order valence-corrected chi connectivity index (χ4v) is 4.83. The van der Waals surface area contributed by atoms with Crippen LogP contribution in [-0.2, 0) is 14.8 Å². The summed E-state index contributed by atoms with van der Waals surface area (Å²) in [6.07, 6.45) is 0. The van der Waals surface area contributed by atoms with E-state index >= 15 is 0 Å². The number of sulfonamides is 1. The fourth-order valence-electron chi connectivity index (χ4n) is 3.28. The number of hydrogen-bond donors (Lipinski definition) is 1. The van der Waals surface area contributed by atoms with Crippen LogP contribution in [0.4, 0.5) is 5.69 Å². The highest BCUT2D eigenvalue weighted by Crippen LogP contribution is 2.27. The van der Waals surface area contributed by atoms with Gasteiger partial charge < -0.3 is 10.1 Å². The number of para-hydroxylation sites is 1. The predicted octanol–water partition coefficient (Wildman–Crippen LogP) is 4.73. The molecule has 1 atom stereocenters. The van der Waals surface area contributed by atoms with Crippen molar-refractivity contribution >= 4 is 33.2 Å². The average molecular weight is 473 g/mol. The van der Waals surface area contributed by atoms with Crippen LogP contribution in [0.1, 0.15) is 24.1 Å². The molecule has 0 radical (unpaired) electrons. The molecule has 8 heteroatoms. The lowest BCUT2D eigenvalue weighted by Crippen LogP contribution is -2.41. The van der Waals surface area contributed by atoms with Gasteiger partial charge >= 0.3 is 0 Å². The molecular formula is C24H25ClN2O4S. The summed E-state index contributed by atoms with van der Waals surface area (Å²) >= 11 is 5.98. The van der Waals surface area contributed by atoms with Crippen molar-refractivity contribution in [3.05, 3.63) is 88.9 Å². The number of aryl methyl sites for hydroxylation is 1. The van der Waals surface area contributed by atoms with Crippen molar-refractivity contribution < 1.29 is 17.9 Å². The second-order valence-electron chi connectivity index (χ2n) is 7.33. The minimum absolute atomic E-state index is 0.101. The third kappa shape index (κ3) is 5.41. The Morgan fingerprint density at radius 3 is 2.28 bits per heavy atom. The first-order chi connectivity index (χ1) is 15.2. The van der Waals surface area contributed by atoms with Crippen LogP contribution in [0.2, 0.25) is 5.02 Å². The van der Waals surface area contributed by atoms with E-state index in [1.54, 1.807) is 49.6 Å². The molecule has 0 saturated carbocycles. The van der Waals surface area contributed by atoms with E-state index in [4.69, 9.17) is 16.3 Å². The molecule has 0 saturated heterocycles. The lowest BCUT2D eigenvalue weighted by atomic mass is 10.1. The molecule has 1 N–H and O–H groups in total. The van der Waals surface area contributed by atoms with Gasteiger partial charge in [0.15, 0.2) is 0 Å². The number of methoxy groups -OCH3 is 1. The van der Waals surface area contributed by atoms with Crippen molar-refractivity contribution in [1.82, 2.24) is 5.32 Å². The molecule has 0 aliphatic heterocycles. The van der Waals surface area contributed by atoms with Crippen LogP contribution in [0.3, 0.4) is 0 Å². The number of carbonyl (C=O) groups is 1. The molecule has 0 fully saturated rings. The van der Waals surface area contributed by atoms with Crippen LogP contribution in [0.5, 0.6) is 5.75 Å². The molecule has 0 aliphatic carbocycles. The summed E-state index contributed by atoms with van der Waals surface area (Å²) < 4.78 is 33.3. The molecule has 3 aromatic carbocycles. The molecule has 3 rings (SSSR count). The van der Waals surface area contributed by atoms with E-state index in [1.165, 1.54) is 12.1 Å². The normalized spacial score (nSPS) is 12.1. The third-order valence-electron chi connectivity index (χ3n) is 4.99. The topological polar surface area (TPSA) is 75.7 Å². The molecule has 3 aromatic rings. The summed E-state index contributed by atoms with van der Waals surface area (Å²) in [5.74, 6) is 0.191. The highest BCUT2D eigenvalue weighted by molar-refractivity contribution is 7.92. The molecule has 0 aliphatic rings. The maximum atomic E-state index is 13.4. The number of nitrogens with zero attached hydrogens (tertiary/aromatic N) is 1. The first-order valence-electron chi connectivity index (χ1n) is 9.99. The van der Waals surface area contributed by atoms with E-state index in [2.05, 4.69) is 5.32 Å². The van der Waals surface area contributed by atoms with Gasteiger partial charge in [0, 0.05) is 10.6 Å². The largest absolute Gasteiger partial charge is 0.496 e. The van der Waals surface area contributed by atoms with Gasteiger partial charge in [-0.15, -0.1) is 0 Å². The zero-order valence-corrected chi connectivity index (χ0v) is 19.7. The van der Waals surface area contributed by atoms with Crippen LogP contribution < -0.4 is 14.4 Å². The number of carbonyl (C=O) groups excluding carboxylic acids is 1. The third-order valence-corrected chi connectivity index (χ3v) is 7.03. The van der Waals surface area contributed by atoms with E-state index in [-0.39, 0.29) is 10.9 Å². The number of anilines is 1. The molecular weight excluding hydrogens is 448 g/mol. The van der Waals surface area contributed by atoms with Crippen LogP contribution in [0.15, 0.2) is 77.7 Å². The molecule has 6 nitrogen and oxygen atoms in total. The van der Waals surface area contributed by atoms with Crippen molar-refractivity contribution in [3.8, 4) is 5.75 Å². The molecule has 0 spiro atoms. The molecule has 1 unspecified atom stereocenters. The molecule has 168 valence electrons. The van der Waals surface area contributed by atoms with Crippen LogP contribution >= 0.6 is 11.6 Å². The van der Waals surface area contributed by atoms with Gasteiger partial charge in [-0.1, -0.05) is 47.5 Å². The Labute approximate surface area is 193 Å². The molecule has 0 heterocycles. The molecule has 1 amide bonds. The maximum Gasteiger partial charge on any atom is 0.264 e. The van der Waals surface area contributed by atoms with Gasteiger partial charge in [0.05, 0.1) is 23.7 Å². The van der Waals surface area contributed by atoms with Crippen molar-refractivity contribution in [2.24, 2.45) is 0 Å². The minimum atomic E-state index is -3.99. The van der Waals surface area contributed by atoms with Crippen LogP contribution in [0.25, 0.3) is 0 Å². The number of benzene rings is 3. The number of hydrogen-bond acceptors (Lipinski definition) is 4. The Balaban J connectivity index is 1.89. The molecule has 32 heavy (non-hydrogen) atoms. The van der Waals surface area contributed by atoms with E-state index in [9.17, 15) is 13.2 Å². The maximum absolute atomic E-state index is 13.4. The smallest absolute Gasteiger partial charge is 0.264 e. The van der Waals surface area contributed by atoms with Gasteiger partial charge in [0.2, 0.25) is 5.91 Å². The highest BCUT2D eigenvalue weighted by atomic mass is 35.5. The summed E-state index contributed by atoms with van der Waals surface area (Å²) in [4.78, 5) is 13.0. The second-order valence-corrected chi connectivity index (χ2v) is 9.63. The number of nitrogens with one attached hydrogen (secondary N) is 1. The summed E-state index contributed by atoms with van der Waals surface area (Å²) in [5.41, 5.74) is 2.07. The highest BCUT2D eigenvalue weighted by Gasteiger charge is 2.28. The Hall–Kier alpha value is -3.03. The molecule has 0 aromatic heterocycles. The Kier molecular flexibility index (Phi) is 7.43. The SMILES string of the molecule is COc1ccccc1C(C)NC(=O)CN(c1ccc(Cl)cc1)S(=O)(=O)c1ccc(C)cc1. The van der Waals surface area contributed by atoms with Gasteiger partial charge in [-0.3, -0.25) is 9.10 Å². The van der Waals surface area contributed by atoms with Gasteiger partial charge in [-0.2, -0.15) is 0 Å². The van der Waals surface area contributed by atoms with Crippen molar-refractivity contribution in [1.29, 1.82) is 0 Å². The van der Waals surface area contributed by atoms with E-state index in [1.807, 2.05) is 32.0 Å². The van der Waals surface area contributed by atoms with Crippen molar-refractivity contribution in [3.63, 3.8) is 0 Å². The number of halogens is 1. The number of amides is 1. The van der Waals surface area contributed by atoms with Crippen LogP contribution in [-0.4, -0.2) is 28.0 Å². The van der Waals surface area contributed by atoms with E-state index < -0.39 is 22.5 Å². The fraction of sp³-hybridized carbons (Fsp3) is 0.208. The standard InChI is InChI=1S/C24H25ClN2O4S/c1-17-8-14-21(15-9-17)32(29,30)27(20-12-10-19(25)11-13-20)16-24(28)26-18(2)22-6-4-5-7-23(22)31-3/h4-15,18H,16H2,1-3H3,(H,26,28). The van der Waals surface area contributed by atoms with Gasteiger partial charge in [-0.25, -0.2) is 8.42 Å². The first-order valence-corrected chi connectivity index (χ1v) is 11.8. The average Bonchev–Trinajstić information content (AvgIpc) is 2.78. The van der Waals surface area contributed by atoms with E-state index in [0.29, 0.717) is 16.5 Å². The zero-order chi connectivity index (χ0) is 23.3. The number of ether oxygens (including phenoxy) is 1. The van der Waals surface area contributed by atoms with E-state index in [0.717, 1.165) is 15.4 Å². The van der Waals surface area contributed by atoms with Crippen LogP contribution in [0, 0.1) is 6.92 Å². The van der Waals surface area contributed by atoms with Gasteiger partial charge in [-0.05, 0) is 56.3 Å². The lowest BCUT2D eigenvalue weighted by Gasteiger charge is -2.25. The summed E-state index contributed by atoms with van der Waals surface area (Å²) in [6.45, 7) is 3.30. The minimum Gasteiger partial charge on any atom is -0.496 e.